The van der Waals surface area contributed by atoms with Crippen molar-refractivity contribution < 1.29 is 9.72 Å². The second-order valence-corrected chi connectivity index (χ2v) is 4.49. The summed E-state index contributed by atoms with van der Waals surface area (Å²) in [5.74, 6) is 0.0682. The van der Waals surface area contributed by atoms with Crippen LogP contribution in [0.15, 0.2) is 29.0 Å². The fourth-order valence-electron chi connectivity index (χ4n) is 1.39. The zero-order chi connectivity index (χ0) is 13.8. The molecule has 0 radical (unpaired) electrons. The fraction of sp³-hybridized carbons (Fsp3) is 0.100. The molecule has 0 atom stereocenters. The van der Waals surface area contributed by atoms with Gasteiger partial charge in [0.2, 0.25) is 0 Å². The third-order valence-electron chi connectivity index (χ3n) is 2.24. The molecule has 0 aliphatic rings. The molecule has 1 heterocycles. The Bertz CT molecular complexity index is 614. The Morgan fingerprint density at radius 2 is 2.26 bits per heavy atom. The molecule has 0 spiro atoms. The number of nitrogens with one attached hydrogen (secondary N) is 2. The van der Waals surface area contributed by atoms with E-state index >= 15 is 0 Å². The average molecular weight is 326 g/mol. The standard InChI is InChI=1S/C10H8BrN5O3/c11-7-1-6(2-8(3-7)16(18)19)10(17)12-4-9-13-5-14-15-9/h1-3,5H,4H2,(H,12,17)(H,13,14,15). The second-order valence-electron chi connectivity index (χ2n) is 3.57. The summed E-state index contributed by atoms with van der Waals surface area (Å²) >= 11 is 3.13. The summed E-state index contributed by atoms with van der Waals surface area (Å²) in [7, 11) is 0. The summed E-state index contributed by atoms with van der Waals surface area (Å²) in [5, 5.41) is 19.5. The van der Waals surface area contributed by atoms with Gasteiger partial charge in [0, 0.05) is 22.2 Å². The fourth-order valence-corrected chi connectivity index (χ4v) is 1.87. The number of carbonyl (C=O) groups excluding carboxylic acids is 1. The summed E-state index contributed by atoms with van der Waals surface area (Å²) in [6.07, 6.45) is 1.32. The van der Waals surface area contributed by atoms with Gasteiger partial charge < -0.3 is 5.32 Å². The summed E-state index contributed by atoms with van der Waals surface area (Å²) in [6, 6.07) is 4.04. The molecule has 1 aromatic carbocycles. The van der Waals surface area contributed by atoms with E-state index in [1.165, 1.54) is 24.5 Å². The number of carbonyl (C=O) groups is 1. The Morgan fingerprint density at radius 3 is 2.89 bits per heavy atom. The molecule has 0 saturated carbocycles. The summed E-state index contributed by atoms with van der Waals surface area (Å²) in [5.41, 5.74) is 0.0415. The Morgan fingerprint density at radius 1 is 1.47 bits per heavy atom. The van der Waals surface area contributed by atoms with E-state index in [0.29, 0.717) is 10.3 Å². The van der Waals surface area contributed by atoms with Crippen LogP contribution in [0.2, 0.25) is 0 Å². The number of non-ortho nitro benzene ring substituents is 1. The van der Waals surface area contributed by atoms with E-state index in [-0.39, 0.29) is 17.8 Å². The number of rotatable bonds is 4. The van der Waals surface area contributed by atoms with Crippen LogP contribution in [-0.2, 0) is 6.54 Å². The number of nitrogens with zero attached hydrogens (tertiary/aromatic N) is 3. The highest BCUT2D eigenvalue weighted by Crippen LogP contribution is 2.21. The summed E-state index contributed by atoms with van der Waals surface area (Å²) in [4.78, 5) is 25.8. The van der Waals surface area contributed by atoms with Gasteiger partial charge in [-0.05, 0) is 6.07 Å². The van der Waals surface area contributed by atoms with Crippen LogP contribution < -0.4 is 5.32 Å². The van der Waals surface area contributed by atoms with Crippen molar-refractivity contribution in [3.8, 4) is 0 Å². The van der Waals surface area contributed by atoms with E-state index in [4.69, 9.17) is 0 Å². The number of aromatic nitrogens is 3. The van der Waals surface area contributed by atoms with Crippen molar-refractivity contribution in [1.82, 2.24) is 20.5 Å². The van der Waals surface area contributed by atoms with Gasteiger partial charge in [0.15, 0.2) is 0 Å². The molecule has 9 heteroatoms. The van der Waals surface area contributed by atoms with E-state index < -0.39 is 10.8 Å². The van der Waals surface area contributed by atoms with Gasteiger partial charge in [-0.15, -0.1) is 0 Å². The minimum absolute atomic E-state index is 0.154. The van der Waals surface area contributed by atoms with Gasteiger partial charge in [0.1, 0.15) is 12.2 Å². The zero-order valence-corrected chi connectivity index (χ0v) is 11.0. The first-order chi connectivity index (χ1) is 9.06. The van der Waals surface area contributed by atoms with E-state index in [1.54, 1.807) is 0 Å². The number of hydrogen-bond donors (Lipinski definition) is 2. The molecular formula is C10H8BrN5O3. The van der Waals surface area contributed by atoms with Gasteiger partial charge in [-0.2, -0.15) is 5.10 Å². The first kappa shape index (κ1) is 13.1. The molecule has 2 aromatic rings. The predicted molar refractivity (Wildman–Crippen MR) is 68.3 cm³/mol. The largest absolute Gasteiger partial charge is 0.345 e. The van der Waals surface area contributed by atoms with E-state index in [2.05, 4.69) is 36.4 Å². The quantitative estimate of drug-likeness (QED) is 0.651. The third-order valence-corrected chi connectivity index (χ3v) is 2.69. The monoisotopic (exact) mass is 325 g/mol. The highest BCUT2D eigenvalue weighted by molar-refractivity contribution is 9.10. The topological polar surface area (TPSA) is 114 Å². The third kappa shape index (κ3) is 3.35. The number of hydrogen-bond acceptors (Lipinski definition) is 5. The summed E-state index contributed by atoms with van der Waals surface area (Å²) < 4.78 is 0.464. The maximum Gasteiger partial charge on any atom is 0.271 e. The predicted octanol–water partition coefficient (Wildman–Crippen LogP) is 1.41. The number of benzene rings is 1. The van der Waals surface area contributed by atoms with Gasteiger partial charge >= 0.3 is 0 Å². The number of halogens is 1. The maximum atomic E-state index is 11.9. The maximum absolute atomic E-state index is 11.9. The Balaban J connectivity index is 2.12. The lowest BCUT2D eigenvalue weighted by molar-refractivity contribution is -0.385. The molecule has 2 N–H and O–H groups in total. The molecule has 8 nitrogen and oxygen atoms in total. The van der Waals surface area contributed by atoms with E-state index in [1.807, 2.05) is 0 Å². The van der Waals surface area contributed by atoms with Crippen molar-refractivity contribution in [2.24, 2.45) is 0 Å². The molecule has 0 aliphatic carbocycles. The van der Waals surface area contributed by atoms with Crippen molar-refractivity contribution >= 4 is 27.5 Å². The molecule has 19 heavy (non-hydrogen) atoms. The normalized spacial score (nSPS) is 10.2. The molecule has 0 aliphatic heterocycles. The minimum atomic E-state index is -0.558. The van der Waals surface area contributed by atoms with Crippen LogP contribution in [0.4, 0.5) is 5.69 Å². The van der Waals surface area contributed by atoms with Crippen LogP contribution >= 0.6 is 15.9 Å². The molecule has 0 saturated heterocycles. The SMILES string of the molecule is O=C(NCc1ncn[nH]1)c1cc(Br)cc([N+](=O)[O-])c1. The van der Waals surface area contributed by atoms with Gasteiger partial charge in [-0.25, -0.2) is 4.98 Å². The number of H-pyrrole nitrogens is 1. The van der Waals surface area contributed by atoms with Crippen LogP contribution in [-0.4, -0.2) is 26.0 Å². The summed E-state index contributed by atoms with van der Waals surface area (Å²) in [6.45, 7) is 0.166. The lowest BCUT2D eigenvalue weighted by Crippen LogP contribution is -2.23. The Kier molecular flexibility index (Phi) is 3.85. The molecule has 0 unspecified atom stereocenters. The van der Waals surface area contributed by atoms with Gasteiger partial charge in [-0.3, -0.25) is 20.0 Å². The van der Waals surface area contributed by atoms with Crippen LogP contribution in [0.1, 0.15) is 16.2 Å². The minimum Gasteiger partial charge on any atom is -0.345 e. The number of amides is 1. The number of nitro groups is 1. The van der Waals surface area contributed by atoms with Gasteiger partial charge in [0.05, 0.1) is 11.5 Å². The number of aromatic amines is 1. The molecule has 1 aromatic heterocycles. The van der Waals surface area contributed by atoms with Crippen LogP contribution in [0.5, 0.6) is 0 Å². The molecule has 98 valence electrons. The Hall–Kier alpha value is -2.29. The van der Waals surface area contributed by atoms with Crippen LogP contribution in [0.3, 0.4) is 0 Å². The smallest absolute Gasteiger partial charge is 0.271 e. The van der Waals surface area contributed by atoms with Gasteiger partial charge in [0.25, 0.3) is 11.6 Å². The van der Waals surface area contributed by atoms with Crippen molar-refractivity contribution in [3.05, 3.63) is 50.5 Å². The van der Waals surface area contributed by atoms with Gasteiger partial charge in [-0.1, -0.05) is 15.9 Å². The van der Waals surface area contributed by atoms with E-state index in [0.717, 1.165) is 0 Å². The molecule has 0 fully saturated rings. The molecular weight excluding hydrogens is 318 g/mol. The Labute approximate surface area is 115 Å². The zero-order valence-electron chi connectivity index (χ0n) is 9.46. The highest BCUT2D eigenvalue weighted by atomic mass is 79.9. The highest BCUT2D eigenvalue weighted by Gasteiger charge is 2.13. The number of nitro benzene ring substituents is 1. The first-order valence-corrected chi connectivity index (χ1v) is 5.93. The van der Waals surface area contributed by atoms with Crippen molar-refractivity contribution in [1.29, 1.82) is 0 Å². The van der Waals surface area contributed by atoms with Crippen molar-refractivity contribution in [2.75, 3.05) is 0 Å². The van der Waals surface area contributed by atoms with Crippen LogP contribution in [0, 0.1) is 10.1 Å². The first-order valence-electron chi connectivity index (χ1n) is 5.13. The van der Waals surface area contributed by atoms with Crippen LogP contribution in [0.25, 0.3) is 0 Å². The molecule has 2 rings (SSSR count). The lowest BCUT2D eigenvalue weighted by atomic mass is 10.2. The lowest BCUT2D eigenvalue weighted by Gasteiger charge is -2.04. The second kappa shape index (κ2) is 5.57. The molecule has 1 amide bonds. The van der Waals surface area contributed by atoms with Crippen molar-refractivity contribution in [3.63, 3.8) is 0 Å². The average Bonchev–Trinajstić information content (AvgIpc) is 2.88. The van der Waals surface area contributed by atoms with E-state index in [9.17, 15) is 14.9 Å². The van der Waals surface area contributed by atoms with Crippen molar-refractivity contribution in [2.45, 2.75) is 6.54 Å². The molecule has 0 bridgehead atoms.